The lowest BCUT2D eigenvalue weighted by atomic mass is 10.1. The van der Waals surface area contributed by atoms with Gasteiger partial charge in [0.25, 0.3) is 0 Å². The lowest BCUT2D eigenvalue weighted by molar-refractivity contribution is 0.0986. The summed E-state index contributed by atoms with van der Waals surface area (Å²) in [7, 11) is 0. The highest BCUT2D eigenvalue weighted by molar-refractivity contribution is 5.98. The van der Waals surface area contributed by atoms with Crippen molar-refractivity contribution in [2.24, 2.45) is 0 Å². The number of benzene rings is 1. The maximum Gasteiger partial charge on any atom is 0.231 e. The summed E-state index contributed by atoms with van der Waals surface area (Å²) in [5.41, 5.74) is 0.486. The summed E-state index contributed by atoms with van der Waals surface area (Å²) < 4.78 is 22.0. The van der Waals surface area contributed by atoms with Gasteiger partial charge in [-0.15, -0.1) is 0 Å². The fraction of sp³-hybridized carbons (Fsp3) is 0.300. The van der Waals surface area contributed by atoms with Crippen LogP contribution in [-0.2, 0) is 0 Å². The van der Waals surface area contributed by atoms with Gasteiger partial charge in [0, 0.05) is 5.56 Å². The van der Waals surface area contributed by atoms with Gasteiger partial charge in [0.2, 0.25) is 6.79 Å². The molecule has 0 aromatic heterocycles. The van der Waals surface area contributed by atoms with E-state index in [1.165, 1.54) is 0 Å². The van der Waals surface area contributed by atoms with Gasteiger partial charge in [-0.3, -0.25) is 10.1 Å². The number of alkyl halides is 1. The van der Waals surface area contributed by atoms with Crippen molar-refractivity contribution in [3.05, 3.63) is 23.8 Å². The Kier molecular flexibility index (Phi) is 2.82. The van der Waals surface area contributed by atoms with E-state index in [-0.39, 0.29) is 19.1 Å². The zero-order valence-electron chi connectivity index (χ0n) is 7.96. The zero-order valence-corrected chi connectivity index (χ0v) is 7.96. The number of halogens is 1. The standard InChI is InChI=1S/C10H10FNO3/c11-5-12-4-8(13)7-1-2-9-10(3-7)15-6-14-9/h1-3,12H,4-6H2. The van der Waals surface area contributed by atoms with Crippen LogP contribution in [0.3, 0.4) is 0 Å². The third kappa shape index (κ3) is 2.07. The molecule has 80 valence electrons. The molecule has 1 aliphatic rings. The molecule has 15 heavy (non-hydrogen) atoms. The normalized spacial score (nSPS) is 12.9. The first-order valence-corrected chi connectivity index (χ1v) is 4.51. The number of ketones is 1. The van der Waals surface area contributed by atoms with Crippen LogP contribution in [0.5, 0.6) is 11.5 Å². The van der Waals surface area contributed by atoms with Gasteiger partial charge in [-0.05, 0) is 18.2 Å². The summed E-state index contributed by atoms with van der Waals surface area (Å²) in [5.74, 6) is 1.01. The summed E-state index contributed by atoms with van der Waals surface area (Å²) in [6, 6.07) is 4.91. The lowest BCUT2D eigenvalue weighted by Crippen LogP contribution is -2.21. The molecule has 1 heterocycles. The third-order valence-corrected chi connectivity index (χ3v) is 2.07. The predicted molar refractivity (Wildman–Crippen MR) is 50.9 cm³/mol. The minimum atomic E-state index is -0.712. The first-order valence-electron chi connectivity index (χ1n) is 4.51. The third-order valence-electron chi connectivity index (χ3n) is 2.07. The van der Waals surface area contributed by atoms with E-state index in [0.29, 0.717) is 17.1 Å². The van der Waals surface area contributed by atoms with Crippen molar-refractivity contribution >= 4 is 5.78 Å². The molecule has 0 unspecified atom stereocenters. The van der Waals surface area contributed by atoms with Gasteiger partial charge in [0.1, 0.15) is 6.80 Å². The zero-order chi connectivity index (χ0) is 10.7. The molecule has 5 heteroatoms. The molecule has 0 saturated heterocycles. The number of carbonyl (C=O) groups is 1. The fourth-order valence-corrected chi connectivity index (χ4v) is 1.33. The summed E-state index contributed by atoms with van der Waals surface area (Å²) in [6.45, 7) is -0.553. The van der Waals surface area contributed by atoms with E-state index in [2.05, 4.69) is 5.32 Å². The molecule has 0 amide bonds. The van der Waals surface area contributed by atoms with Crippen molar-refractivity contribution < 1.29 is 18.7 Å². The molecule has 1 aromatic rings. The number of nitrogens with one attached hydrogen (secondary N) is 1. The molecule has 2 rings (SSSR count). The van der Waals surface area contributed by atoms with E-state index >= 15 is 0 Å². The van der Waals surface area contributed by atoms with E-state index in [1.54, 1.807) is 18.2 Å². The van der Waals surface area contributed by atoms with Crippen molar-refractivity contribution in [1.29, 1.82) is 0 Å². The topological polar surface area (TPSA) is 47.6 Å². The molecule has 1 N–H and O–H groups in total. The Bertz CT molecular complexity index is 381. The highest BCUT2D eigenvalue weighted by atomic mass is 19.1. The van der Waals surface area contributed by atoms with Crippen LogP contribution in [0.1, 0.15) is 10.4 Å². The Morgan fingerprint density at radius 2 is 2.20 bits per heavy atom. The second kappa shape index (κ2) is 4.27. The Balaban J connectivity index is 2.12. The van der Waals surface area contributed by atoms with E-state index < -0.39 is 6.80 Å². The van der Waals surface area contributed by atoms with Crippen LogP contribution in [0.4, 0.5) is 4.39 Å². The number of hydrogen-bond donors (Lipinski definition) is 1. The van der Waals surface area contributed by atoms with E-state index in [9.17, 15) is 9.18 Å². The fourth-order valence-electron chi connectivity index (χ4n) is 1.33. The molecule has 0 aliphatic carbocycles. The van der Waals surface area contributed by atoms with Gasteiger partial charge in [0.05, 0.1) is 6.54 Å². The van der Waals surface area contributed by atoms with Gasteiger partial charge in [0.15, 0.2) is 17.3 Å². The summed E-state index contributed by atoms with van der Waals surface area (Å²) in [6.07, 6.45) is 0. The SMILES string of the molecule is O=C(CNCF)c1ccc2c(c1)OCO2. The maximum atomic E-state index is 11.8. The Morgan fingerprint density at radius 1 is 1.40 bits per heavy atom. The molecule has 0 spiro atoms. The number of fused-ring (bicyclic) bond motifs is 1. The van der Waals surface area contributed by atoms with Crippen LogP contribution in [0.15, 0.2) is 18.2 Å². The Labute approximate surface area is 86.0 Å². The molecule has 0 bridgehead atoms. The first kappa shape index (κ1) is 9.92. The number of carbonyl (C=O) groups excluding carboxylic acids is 1. The number of ether oxygens (including phenoxy) is 2. The largest absolute Gasteiger partial charge is 0.454 e. The highest BCUT2D eigenvalue weighted by Crippen LogP contribution is 2.32. The number of Topliss-reactive ketones (excluding diaryl/α,β-unsaturated/α-hetero) is 1. The van der Waals surface area contributed by atoms with E-state index in [0.717, 1.165) is 0 Å². The van der Waals surface area contributed by atoms with Crippen molar-refractivity contribution in [2.75, 3.05) is 20.1 Å². The lowest BCUT2D eigenvalue weighted by Gasteiger charge is -2.02. The van der Waals surface area contributed by atoms with Crippen molar-refractivity contribution in [3.8, 4) is 11.5 Å². The minimum absolute atomic E-state index is 0.0177. The molecule has 0 saturated carbocycles. The summed E-state index contributed by atoms with van der Waals surface area (Å²) >= 11 is 0. The van der Waals surface area contributed by atoms with Crippen LogP contribution < -0.4 is 14.8 Å². The molecule has 1 aromatic carbocycles. The highest BCUT2D eigenvalue weighted by Gasteiger charge is 2.15. The number of rotatable bonds is 4. The second-order valence-corrected chi connectivity index (χ2v) is 3.05. The second-order valence-electron chi connectivity index (χ2n) is 3.05. The van der Waals surface area contributed by atoms with Crippen LogP contribution in [0.25, 0.3) is 0 Å². The Hall–Kier alpha value is -1.62. The quantitative estimate of drug-likeness (QED) is 0.598. The van der Waals surface area contributed by atoms with Gasteiger partial charge in [-0.25, -0.2) is 4.39 Å². The van der Waals surface area contributed by atoms with Crippen molar-refractivity contribution in [2.45, 2.75) is 0 Å². The summed E-state index contributed by atoms with van der Waals surface area (Å²) in [4.78, 5) is 11.5. The molecular weight excluding hydrogens is 201 g/mol. The van der Waals surface area contributed by atoms with Gasteiger partial charge < -0.3 is 9.47 Å². The molecule has 1 aliphatic heterocycles. The molecular formula is C10H10FNO3. The van der Waals surface area contributed by atoms with Gasteiger partial charge in [-0.2, -0.15) is 0 Å². The minimum Gasteiger partial charge on any atom is -0.454 e. The van der Waals surface area contributed by atoms with Crippen molar-refractivity contribution in [1.82, 2.24) is 5.32 Å². The molecule has 0 radical (unpaired) electrons. The molecule has 0 atom stereocenters. The van der Waals surface area contributed by atoms with Crippen LogP contribution in [-0.4, -0.2) is 25.9 Å². The van der Waals surface area contributed by atoms with E-state index in [1.807, 2.05) is 0 Å². The smallest absolute Gasteiger partial charge is 0.231 e. The van der Waals surface area contributed by atoms with Crippen molar-refractivity contribution in [3.63, 3.8) is 0 Å². The summed E-state index contributed by atoms with van der Waals surface area (Å²) in [5, 5.41) is 2.33. The predicted octanol–water partition coefficient (Wildman–Crippen LogP) is 1.11. The first-order chi connectivity index (χ1) is 7.31. The van der Waals surface area contributed by atoms with Crippen LogP contribution >= 0.6 is 0 Å². The van der Waals surface area contributed by atoms with Gasteiger partial charge >= 0.3 is 0 Å². The van der Waals surface area contributed by atoms with E-state index in [4.69, 9.17) is 9.47 Å². The Morgan fingerprint density at radius 3 is 3.00 bits per heavy atom. The average Bonchev–Trinajstić information content (AvgIpc) is 2.72. The monoisotopic (exact) mass is 211 g/mol. The average molecular weight is 211 g/mol. The molecule has 4 nitrogen and oxygen atoms in total. The van der Waals surface area contributed by atoms with Crippen LogP contribution in [0, 0.1) is 0 Å². The maximum absolute atomic E-state index is 11.8. The molecule has 0 fully saturated rings. The van der Waals surface area contributed by atoms with Crippen LogP contribution in [0.2, 0.25) is 0 Å². The van der Waals surface area contributed by atoms with Gasteiger partial charge in [-0.1, -0.05) is 0 Å². The number of hydrogen-bond acceptors (Lipinski definition) is 4.